The summed E-state index contributed by atoms with van der Waals surface area (Å²) in [5.74, 6) is 0.296. The van der Waals surface area contributed by atoms with Gasteiger partial charge in [-0.2, -0.15) is 0 Å². The number of nitrogens with zero attached hydrogens (tertiary/aromatic N) is 2. The van der Waals surface area contributed by atoms with Gasteiger partial charge in [-0.3, -0.25) is 4.79 Å². The molecule has 24 heavy (non-hydrogen) atoms. The van der Waals surface area contributed by atoms with Gasteiger partial charge in [0, 0.05) is 12.4 Å². The maximum absolute atomic E-state index is 12.2. The van der Waals surface area contributed by atoms with Gasteiger partial charge in [-0.15, -0.1) is 0 Å². The van der Waals surface area contributed by atoms with Crippen LogP contribution < -0.4 is 4.74 Å². The molecule has 0 bridgehead atoms. The zero-order valence-electron chi connectivity index (χ0n) is 13.8. The van der Waals surface area contributed by atoms with Crippen LogP contribution in [0.5, 0.6) is 5.75 Å². The number of benzene rings is 2. The van der Waals surface area contributed by atoms with Crippen molar-refractivity contribution in [1.29, 1.82) is 0 Å². The van der Waals surface area contributed by atoms with Crippen LogP contribution in [-0.2, 0) is 16.1 Å². The Balaban J connectivity index is 1.66. The van der Waals surface area contributed by atoms with E-state index in [-0.39, 0.29) is 11.9 Å². The lowest BCUT2D eigenvalue weighted by atomic mass is 9.98. The van der Waals surface area contributed by atoms with Crippen LogP contribution in [0.15, 0.2) is 55.1 Å². The SMILES string of the molecule is COc1ccc2cc(C(C)C(=O)OCCn3ccnc3)ccc2c1. The number of rotatable bonds is 6. The van der Waals surface area contributed by atoms with Crippen LogP contribution in [0.1, 0.15) is 18.4 Å². The molecule has 0 amide bonds. The van der Waals surface area contributed by atoms with E-state index in [0.29, 0.717) is 13.2 Å². The molecule has 1 heterocycles. The van der Waals surface area contributed by atoms with Gasteiger partial charge < -0.3 is 14.0 Å². The molecular formula is C19H20N2O3. The molecular weight excluding hydrogens is 304 g/mol. The van der Waals surface area contributed by atoms with Crippen LogP contribution in [0.2, 0.25) is 0 Å². The van der Waals surface area contributed by atoms with Gasteiger partial charge in [0.2, 0.25) is 0 Å². The van der Waals surface area contributed by atoms with E-state index in [1.165, 1.54) is 0 Å². The lowest BCUT2D eigenvalue weighted by Crippen LogP contribution is -2.16. The first kappa shape index (κ1) is 16.1. The van der Waals surface area contributed by atoms with Crippen LogP contribution >= 0.6 is 0 Å². The zero-order chi connectivity index (χ0) is 16.9. The summed E-state index contributed by atoms with van der Waals surface area (Å²) in [6.07, 6.45) is 5.25. The number of ether oxygens (including phenoxy) is 2. The highest BCUT2D eigenvalue weighted by molar-refractivity contribution is 5.86. The maximum atomic E-state index is 12.2. The van der Waals surface area contributed by atoms with Crippen molar-refractivity contribution < 1.29 is 14.3 Å². The topological polar surface area (TPSA) is 53.4 Å². The molecule has 2 aromatic carbocycles. The van der Waals surface area contributed by atoms with E-state index in [2.05, 4.69) is 4.98 Å². The highest BCUT2D eigenvalue weighted by Gasteiger charge is 2.17. The first-order chi connectivity index (χ1) is 11.7. The molecule has 0 N–H and O–H groups in total. The molecule has 1 aromatic heterocycles. The Labute approximate surface area is 140 Å². The van der Waals surface area contributed by atoms with Gasteiger partial charge >= 0.3 is 5.97 Å². The van der Waals surface area contributed by atoms with Crippen LogP contribution in [0.25, 0.3) is 10.8 Å². The van der Waals surface area contributed by atoms with E-state index in [0.717, 1.165) is 22.1 Å². The summed E-state index contributed by atoms with van der Waals surface area (Å²) in [5.41, 5.74) is 0.945. The fraction of sp³-hybridized carbons (Fsp3) is 0.263. The maximum Gasteiger partial charge on any atom is 0.313 e. The Bertz CT molecular complexity index is 828. The van der Waals surface area contributed by atoms with E-state index in [9.17, 15) is 4.79 Å². The van der Waals surface area contributed by atoms with Gasteiger partial charge in [0.1, 0.15) is 12.4 Å². The van der Waals surface area contributed by atoms with Crippen molar-refractivity contribution in [3.63, 3.8) is 0 Å². The highest BCUT2D eigenvalue weighted by Crippen LogP contribution is 2.25. The Morgan fingerprint density at radius 3 is 2.75 bits per heavy atom. The molecule has 0 saturated carbocycles. The number of aromatic nitrogens is 2. The quantitative estimate of drug-likeness (QED) is 0.652. The normalized spacial score (nSPS) is 12.1. The molecule has 0 radical (unpaired) electrons. The summed E-state index contributed by atoms with van der Waals surface area (Å²) in [5, 5.41) is 2.16. The number of imidazole rings is 1. The van der Waals surface area contributed by atoms with E-state index in [1.807, 2.05) is 54.1 Å². The van der Waals surface area contributed by atoms with Crippen molar-refractivity contribution >= 4 is 16.7 Å². The zero-order valence-corrected chi connectivity index (χ0v) is 13.8. The molecule has 1 atom stereocenters. The first-order valence-electron chi connectivity index (χ1n) is 7.87. The van der Waals surface area contributed by atoms with Gasteiger partial charge in [0.15, 0.2) is 0 Å². The smallest absolute Gasteiger partial charge is 0.313 e. The van der Waals surface area contributed by atoms with Gasteiger partial charge in [-0.1, -0.05) is 24.3 Å². The fourth-order valence-corrected chi connectivity index (χ4v) is 2.57. The van der Waals surface area contributed by atoms with Gasteiger partial charge in [0.25, 0.3) is 0 Å². The molecule has 0 aliphatic rings. The van der Waals surface area contributed by atoms with Crippen LogP contribution in [0, 0.1) is 0 Å². The molecule has 0 spiro atoms. The number of hydrogen-bond acceptors (Lipinski definition) is 4. The molecule has 5 nitrogen and oxygen atoms in total. The summed E-state index contributed by atoms with van der Waals surface area (Å²) in [7, 11) is 1.65. The summed E-state index contributed by atoms with van der Waals surface area (Å²) in [4.78, 5) is 16.2. The van der Waals surface area contributed by atoms with Crippen molar-refractivity contribution in [1.82, 2.24) is 9.55 Å². The molecule has 0 aliphatic heterocycles. The Morgan fingerprint density at radius 1 is 1.21 bits per heavy atom. The summed E-state index contributed by atoms with van der Waals surface area (Å²) in [6.45, 7) is 2.81. The molecule has 1 unspecified atom stereocenters. The number of methoxy groups -OCH3 is 1. The number of carbonyl (C=O) groups is 1. The van der Waals surface area contributed by atoms with Gasteiger partial charge in [-0.25, -0.2) is 4.98 Å². The van der Waals surface area contributed by atoms with Crippen LogP contribution in [0.4, 0.5) is 0 Å². The lowest BCUT2D eigenvalue weighted by Gasteiger charge is -2.13. The fourth-order valence-electron chi connectivity index (χ4n) is 2.57. The molecule has 3 aromatic rings. The third-order valence-electron chi connectivity index (χ3n) is 4.08. The predicted molar refractivity (Wildman–Crippen MR) is 92.1 cm³/mol. The van der Waals surface area contributed by atoms with Gasteiger partial charge in [-0.05, 0) is 35.4 Å². The predicted octanol–water partition coefficient (Wildman–Crippen LogP) is 3.39. The minimum atomic E-state index is -0.306. The molecule has 5 heteroatoms. The largest absolute Gasteiger partial charge is 0.497 e. The van der Waals surface area contributed by atoms with Crippen LogP contribution in [0.3, 0.4) is 0 Å². The standard InChI is InChI=1S/C19H20N2O3/c1-14(19(22)24-10-9-21-8-7-20-13-21)15-3-4-17-12-18(23-2)6-5-16(17)11-15/h3-8,11-14H,9-10H2,1-2H3. The van der Waals surface area contributed by atoms with E-state index in [4.69, 9.17) is 9.47 Å². The molecule has 0 fully saturated rings. The molecule has 124 valence electrons. The summed E-state index contributed by atoms with van der Waals surface area (Å²) in [6, 6.07) is 11.9. The van der Waals surface area contributed by atoms with Crippen molar-refractivity contribution in [2.75, 3.05) is 13.7 Å². The van der Waals surface area contributed by atoms with Gasteiger partial charge in [0.05, 0.1) is 25.9 Å². The van der Waals surface area contributed by atoms with Crippen molar-refractivity contribution in [3.05, 3.63) is 60.7 Å². The number of esters is 1. The minimum absolute atomic E-state index is 0.219. The average Bonchev–Trinajstić information content (AvgIpc) is 3.13. The van der Waals surface area contributed by atoms with Crippen LogP contribution in [-0.4, -0.2) is 29.2 Å². The second-order valence-electron chi connectivity index (χ2n) is 5.66. The Kier molecular flexibility index (Phi) is 4.79. The number of hydrogen-bond donors (Lipinski definition) is 0. The molecule has 0 saturated heterocycles. The van der Waals surface area contributed by atoms with E-state index in [1.54, 1.807) is 19.6 Å². The van der Waals surface area contributed by atoms with Crippen molar-refractivity contribution in [3.8, 4) is 5.75 Å². The summed E-state index contributed by atoms with van der Waals surface area (Å²) < 4.78 is 12.5. The monoisotopic (exact) mass is 324 g/mol. The average molecular weight is 324 g/mol. The lowest BCUT2D eigenvalue weighted by molar-refractivity contribution is -0.145. The van der Waals surface area contributed by atoms with Crippen molar-refractivity contribution in [2.45, 2.75) is 19.4 Å². The highest BCUT2D eigenvalue weighted by atomic mass is 16.5. The number of carbonyl (C=O) groups excluding carboxylic acids is 1. The minimum Gasteiger partial charge on any atom is -0.497 e. The second-order valence-corrected chi connectivity index (χ2v) is 5.66. The molecule has 3 rings (SSSR count). The van der Waals surface area contributed by atoms with E-state index < -0.39 is 0 Å². The first-order valence-corrected chi connectivity index (χ1v) is 7.87. The van der Waals surface area contributed by atoms with E-state index >= 15 is 0 Å². The summed E-state index contributed by atoms with van der Waals surface area (Å²) >= 11 is 0. The third-order valence-corrected chi connectivity index (χ3v) is 4.08. The Morgan fingerprint density at radius 2 is 2.00 bits per heavy atom. The second kappa shape index (κ2) is 7.17. The molecule has 0 aliphatic carbocycles. The Hall–Kier alpha value is -2.82. The third kappa shape index (κ3) is 3.56. The van der Waals surface area contributed by atoms with Crippen molar-refractivity contribution in [2.24, 2.45) is 0 Å². The number of fused-ring (bicyclic) bond motifs is 1.